The van der Waals surface area contributed by atoms with Crippen molar-refractivity contribution in [3.05, 3.63) is 83.8 Å². The van der Waals surface area contributed by atoms with E-state index < -0.39 is 6.04 Å². The topological polar surface area (TPSA) is 107 Å². The number of benzene rings is 1. The van der Waals surface area contributed by atoms with E-state index in [1.807, 2.05) is 56.4 Å². The highest BCUT2D eigenvalue weighted by atomic mass is 16.2. The molecule has 1 unspecified atom stereocenters. The molecule has 0 saturated heterocycles. The second-order valence-electron chi connectivity index (χ2n) is 10.5. The first kappa shape index (κ1) is 32.8. The van der Waals surface area contributed by atoms with Gasteiger partial charge >= 0.3 is 0 Å². The highest BCUT2D eigenvalue weighted by Gasteiger charge is 2.21. The van der Waals surface area contributed by atoms with Gasteiger partial charge in [0.2, 0.25) is 17.8 Å². The Morgan fingerprint density at radius 2 is 1.84 bits per heavy atom. The summed E-state index contributed by atoms with van der Waals surface area (Å²) in [4.78, 5) is 44.1. The molecule has 226 valence electrons. The number of likely N-dealkylation sites (N-methyl/N-ethyl adjacent to an activating group) is 2. The minimum Gasteiger partial charge on any atom is -0.358 e. The van der Waals surface area contributed by atoms with Crippen LogP contribution in [-0.4, -0.2) is 90.4 Å². The summed E-state index contributed by atoms with van der Waals surface area (Å²) in [7, 11) is 7.46. The molecule has 1 atom stereocenters. The molecular weight excluding hydrogens is 540 g/mol. The van der Waals surface area contributed by atoms with Gasteiger partial charge in [0, 0.05) is 63.5 Å². The Bertz CT molecular complexity index is 1450. The molecule has 10 nitrogen and oxygen atoms in total. The summed E-state index contributed by atoms with van der Waals surface area (Å²) >= 11 is 0. The van der Waals surface area contributed by atoms with Crippen molar-refractivity contribution in [1.82, 2.24) is 24.8 Å². The summed E-state index contributed by atoms with van der Waals surface area (Å²) in [6, 6.07) is 10.6. The monoisotopic (exact) mass is 582 g/mol. The molecule has 0 spiro atoms. The van der Waals surface area contributed by atoms with E-state index in [1.165, 1.54) is 16.5 Å². The van der Waals surface area contributed by atoms with Crippen LogP contribution < -0.4 is 15.5 Å². The summed E-state index contributed by atoms with van der Waals surface area (Å²) in [5.74, 6) is 7.18. The Labute approximate surface area is 255 Å². The van der Waals surface area contributed by atoms with Gasteiger partial charge in [-0.25, -0.2) is 4.98 Å². The lowest BCUT2D eigenvalue weighted by Gasteiger charge is -2.23. The lowest BCUT2D eigenvalue weighted by atomic mass is 10.1. The van der Waals surface area contributed by atoms with Crippen LogP contribution in [0.5, 0.6) is 0 Å². The largest absolute Gasteiger partial charge is 0.358 e. The molecule has 10 heteroatoms. The fourth-order valence-corrected chi connectivity index (χ4v) is 4.06. The van der Waals surface area contributed by atoms with Crippen LogP contribution in [0.2, 0.25) is 0 Å². The fraction of sp³-hybridized carbons (Fsp3) is 0.364. The first-order chi connectivity index (χ1) is 20.7. The van der Waals surface area contributed by atoms with Gasteiger partial charge in [0.25, 0.3) is 0 Å². The molecule has 3 aromatic rings. The van der Waals surface area contributed by atoms with E-state index in [0.29, 0.717) is 30.3 Å². The number of carbonyl (C=O) groups excluding carboxylic acids is 2. The summed E-state index contributed by atoms with van der Waals surface area (Å²) in [5, 5.41) is 6.21. The van der Waals surface area contributed by atoms with Gasteiger partial charge in [-0.1, -0.05) is 30.9 Å². The zero-order valence-corrected chi connectivity index (χ0v) is 26.0. The number of carbonyl (C=O) groups is 2. The average molecular weight is 583 g/mol. The van der Waals surface area contributed by atoms with Crippen LogP contribution in [0.25, 0.3) is 0 Å². The molecule has 0 aliphatic rings. The third-order valence-electron chi connectivity index (χ3n) is 6.65. The molecule has 1 aromatic carbocycles. The number of hydrogen-bond donors (Lipinski definition) is 2. The predicted molar refractivity (Wildman–Crippen MR) is 173 cm³/mol. The van der Waals surface area contributed by atoms with Crippen molar-refractivity contribution in [1.29, 1.82) is 0 Å². The number of hydrogen-bond acceptors (Lipinski definition) is 8. The molecule has 0 saturated carbocycles. The maximum absolute atomic E-state index is 12.9. The highest BCUT2D eigenvalue weighted by Crippen LogP contribution is 2.18. The van der Waals surface area contributed by atoms with Gasteiger partial charge in [0.15, 0.2) is 0 Å². The van der Waals surface area contributed by atoms with Crippen molar-refractivity contribution in [2.45, 2.75) is 32.7 Å². The lowest BCUT2D eigenvalue weighted by Crippen LogP contribution is -2.42. The molecule has 3 rings (SSSR count). The number of aromatic nitrogens is 3. The predicted octanol–water partition coefficient (Wildman–Crippen LogP) is 3.68. The van der Waals surface area contributed by atoms with Crippen LogP contribution in [0.15, 0.2) is 67.1 Å². The number of anilines is 3. The number of pyridine rings is 1. The van der Waals surface area contributed by atoms with Crippen molar-refractivity contribution in [3.63, 3.8) is 0 Å². The van der Waals surface area contributed by atoms with E-state index in [2.05, 4.69) is 44.3 Å². The zero-order valence-electron chi connectivity index (χ0n) is 26.0. The first-order valence-corrected chi connectivity index (χ1v) is 14.4. The van der Waals surface area contributed by atoms with Crippen LogP contribution in [0.1, 0.15) is 37.0 Å². The second kappa shape index (κ2) is 16.6. The smallest absolute Gasteiger partial charge is 0.246 e. The maximum Gasteiger partial charge on any atom is 0.246 e. The normalized spacial score (nSPS) is 11.5. The standard InChI is InChI=1S/C33H42N8O2/c1-7-21-40(5)31-28(24-36-33(38-31)35-20-17-26-15-18-34-19-16-26)14-13-27-10-8-11-29(23-27)37-32(43)25(2)41(6)30(42)12-9-22-39(3)4/h8-12,15-16,18-19,23-25H,7,17,20-22H2,1-6H3,(H,37,43)(H,35,36,38)/b12-9+. The van der Waals surface area contributed by atoms with Crippen LogP contribution in [0, 0.1) is 11.8 Å². The van der Waals surface area contributed by atoms with Gasteiger partial charge in [-0.3, -0.25) is 14.6 Å². The van der Waals surface area contributed by atoms with Crippen LogP contribution in [0.3, 0.4) is 0 Å². The third-order valence-corrected chi connectivity index (χ3v) is 6.65. The average Bonchev–Trinajstić information content (AvgIpc) is 3.00. The number of nitrogens with zero attached hydrogens (tertiary/aromatic N) is 6. The van der Waals surface area contributed by atoms with Crippen molar-refractivity contribution >= 4 is 29.3 Å². The Morgan fingerprint density at radius 3 is 2.56 bits per heavy atom. The van der Waals surface area contributed by atoms with Crippen molar-refractivity contribution in [3.8, 4) is 11.8 Å². The highest BCUT2D eigenvalue weighted by molar-refractivity contribution is 5.98. The van der Waals surface area contributed by atoms with E-state index in [4.69, 9.17) is 4.98 Å². The van der Waals surface area contributed by atoms with Gasteiger partial charge in [-0.15, -0.1) is 0 Å². The molecule has 0 bridgehead atoms. The number of amides is 2. The van der Waals surface area contributed by atoms with E-state index >= 15 is 0 Å². The van der Waals surface area contributed by atoms with E-state index in [-0.39, 0.29) is 11.8 Å². The van der Waals surface area contributed by atoms with Crippen molar-refractivity contribution < 1.29 is 9.59 Å². The SMILES string of the molecule is CCCN(C)c1nc(NCCc2ccncc2)ncc1C#Cc1cccc(NC(=O)C(C)N(C)C(=O)/C=C/CN(C)C)c1. The van der Waals surface area contributed by atoms with Crippen LogP contribution >= 0.6 is 0 Å². The molecule has 2 N–H and O–H groups in total. The van der Waals surface area contributed by atoms with Crippen molar-refractivity contribution in [2.24, 2.45) is 0 Å². The van der Waals surface area contributed by atoms with E-state index in [0.717, 1.165) is 30.8 Å². The van der Waals surface area contributed by atoms with Crippen molar-refractivity contribution in [2.75, 3.05) is 63.4 Å². The minimum absolute atomic E-state index is 0.231. The molecule has 2 heterocycles. The minimum atomic E-state index is -0.656. The Balaban J connectivity index is 1.70. The first-order valence-electron chi connectivity index (χ1n) is 14.4. The number of rotatable bonds is 13. The molecule has 2 aromatic heterocycles. The maximum atomic E-state index is 12.9. The molecule has 0 radical (unpaired) electrons. The fourth-order valence-electron chi connectivity index (χ4n) is 4.06. The summed E-state index contributed by atoms with van der Waals surface area (Å²) in [5.41, 5.74) is 3.22. The summed E-state index contributed by atoms with van der Waals surface area (Å²) in [6.07, 6.45) is 10.4. The van der Waals surface area contributed by atoms with Gasteiger partial charge in [-0.2, -0.15) is 4.98 Å². The van der Waals surface area contributed by atoms with Crippen LogP contribution in [0.4, 0.5) is 17.5 Å². The number of nitrogens with one attached hydrogen (secondary N) is 2. The lowest BCUT2D eigenvalue weighted by molar-refractivity contribution is -0.132. The van der Waals surface area contributed by atoms with E-state index in [9.17, 15) is 9.59 Å². The molecular formula is C33H42N8O2. The Hall–Kier alpha value is -4.75. The third kappa shape index (κ3) is 10.5. The Morgan fingerprint density at radius 1 is 1.07 bits per heavy atom. The van der Waals surface area contributed by atoms with Gasteiger partial charge in [0.05, 0.1) is 11.8 Å². The van der Waals surface area contributed by atoms with E-state index in [1.54, 1.807) is 44.7 Å². The van der Waals surface area contributed by atoms with Crippen LogP contribution in [-0.2, 0) is 16.0 Å². The molecule has 2 amide bonds. The quantitative estimate of drug-likeness (QED) is 0.232. The van der Waals surface area contributed by atoms with Gasteiger partial charge < -0.3 is 25.3 Å². The van der Waals surface area contributed by atoms with Gasteiger partial charge in [0.1, 0.15) is 11.9 Å². The Kier molecular flexibility index (Phi) is 12.7. The van der Waals surface area contributed by atoms with Gasteiger partial charge in [-0.05, 0) is 69.8 Å². The second-order valence-corrected chi connectivity index (χ2v) is 10.5. The molecule has 0 aliphatic heterocycles. The molecule has 0 fully saturated rings. The molecule has 43 heavy (non-hydrogen) atoms. The molecule has 0 aliphatic carbocycles. The summed E-state index contributed by atoms with van der Waals surface area (Å²) in [6.45, 7) is 5.98. The zero-order chi connectivity index (χ0) is 31.2. The summed E-state index contributed by atoms with van der Waals surface area (Å²) < 4.78 is 0.